The van der Waals surface area contributed by atoms with E-state index in [-0.39, 0.29) is 29.7 Å². The highest BCUT2D eigenvalue weighted by Crippen LogP contribution is 2.37. The summed E-state index contributed by atoms with van der Waals surface area (Å²) < 4.78 is 53.8. The molecule has 0 amide bonds. The second kappa shape index (κ2) is 10.9. The van der Waals surface area contributed by atoms with Crippen LogP contribution in [0.4, 0.5) is 18.9 Å². The Morgan fingerprint density at radius 3 is 2.17 bits per heavy atom. The molecule has 0 aliphatic rings. The highest BCUT2D eigenvalue weighted by Gasteiger charge is 2.31. The minimum Gasteiger partial charge on any atom is -0.458 e. The van der Waals surface area contributed by atoms with E-state index in [4.69, 9.17) is 25.8 Å². The molecule has 0 aliphatic heterocycles. The number of nitrogens with zero attached hydrogens (tertiary/aromatic N) is 1. The summed E-state index contributed by atoms with van der Waals surface area (Å²) in [6, 6.07) is 13.6. The summed E-state index contributed by atoms with van der Waals surface area (Å²) in [5.74, 6) is -2.02. The van der Waals surface area contributed by atoms with Crippen LogP contribution in [-0.4, -0.2) is 30.1 Å². The summed E-state index contributed by atoms with van der Waals surface area (Å²) in [7, 11) is 0. The van der Waals surface area contributed by atoms with E-state index in [2.05, 4.69) is 0 Å². The van der Waals surface area contributed by atoms with Crippen molar-refractivity contribution in [3.05, 3.63) is 98.6 Å². The molecule has 0 fully saturated rings. The van der Waals surface area contributed by atoms with Crippen molar-refractivity contribution in [1.29, 1.82) is 0 Å². The molecule has 0 spiro atoms. The Balaban J connectivity index is 1.69. The van der Waals surface area contributed by atoms with E-state index in [1.165, 1.54) is 12.1 Å². The van der Waals surface area contributed by atoms with Gasteiger partial charge in [-0.3, -0.25) is 10.1 Å². The van der Waals surface area contributed by atoms with Crippen LogP contribution < -0.4 is 4.74 Å². The van der Waals surface area contributed by atoms with Crippen molar-refractivity contribution >= 4 is 29.2 Å². The Morgan fingerprint density at radius 2 is 1.57 bits per heavy atom. The lowest BCUT2D eigenvalue weighted by Crippen LogP contribution is -2.15. The molecule has 182 valence electrons. The van der Waals surface area contributed by atoms with Crippen LogP contribution in [0.25, 0.3) is 0 Å². The number of rotatable bonds is 8. The lowest BCUT2D eigenvalue weighted by molar-refractivity contribution is -0.385. The standard InChI is InChI=1S/C23H15ClF3NO7/c24-18-12-15(23(25,26)27)6-9-20(18)35-16-7-8-19(28(31)32)17(13-16)22(30)34-11-10-33-21(29)14-4-2-1-3-5-14/h1-9,12-13H,10-11H2. The molecule has 3 aromatic rings. The maximum Gasteiger partial charge on any atom is 0.416 e. The van der Waals surface area contributed by atoms with Gasteiger partial charge in [0.2, 0.25) is 0 Å². The molecule has 12 heteroatoms. The van der Waals surface area contributed by atoms with Gasteiger partial charge in [0, 0.05) is 12.1 Å². The minimum atomic E-state index is -4.61. The molecule has 3 aromatic carbocycles. The van der Waals surface area contributed by atoms with Crippen LogP contribution >= 0.6 is 11.6 Å². The molecule has 0 aromatic heterocycles. The van der Waals surface area contributed by atoms with Crippen molar-refractivity contribution in [2.45, 2.75) is 6.18 Å². The number of nitro benzene ring substituents is 1. The number of hydrogen-bond acceptors (Lipinski definition) is 7. The fraction of sp³-hybridized carbons (Fsp3) is 0.130. The molecule has 0 saturated heterocycles. The Morgan fingerprint density at radius 1 is 0.914 bits per heavy atom. The molecule has 3 rings (SSSR count). The van der Waals surface area contributed by atoms with Crippen LogP contribution in [0.5, 0.6) is 11.5 Å². The summed E-state index contributed by atoms with van der Waals surface area (Å²) in [5, 5.41) is 11.0. The normalized spacial score (nSPS) is 11.0. The van der Waals surface area contributed by atoms with Gasteiger partial charge in [0.25, 0.3) is 5.69 Å². The van der Waals surface area contributed by atoms with Crippen LogP contribution in [-0.2, 0) is 15.7 Å². The molecule has 0 unspecified atom stereocenters. The van der Waals surface area contributed by atoms with E-state index in [0.29, 0.717) is 11.6 Å². The smallest absolute Gasteiger partial charge is 0.416 e. The maximum atomic E-state index is 12.8. The fourth-order valence-corrected chi connectivity index (χ4v) is 3.01. The molecule has 0 bridgehead atoms. The predicted octanol–water partition coefficient (Wildman–Crippen LogP) is 6.07. The zero-order valence-electron chi connectivity index (χ0n) is 17.6. The molecule has 0 aliphatic carbocycles. The van der Waals surface area contributed by atoms with E-state index in [9.17, 15) is 32.9 Å². The van der Waals surface area contributed by atoms with Gasteiger partial charge in [-0.25, -0.2) is 9.59 Å². The van der Waals surface area contributed by atoms with Gasteiger partial charge in [0.15, 0.2) is 0 Å². The van der Waals surface area contributed by atoms with Gasteiger partial charge >= 0.3 is 18.1 Å². The lowest BCUT2D eigenvalue weighted by Gasteiger charge is -2.12. The maximum absolute atomic E-state index is 12.8. The van der Waals surface area contributed by atoms with Crippen molar-refractivity contribution < 1.29 is 41.9 Å². The summed E-state index contributed by atoms with van der Waals surface area (Å²) in [6.07, 6.45) is -4.61. The van der Waals surface area contributed by atoms with E-state index in [1.807, 2.05) is 0 Å². The number of ether oxygens (including phenoxy) is 3. The minimum absolute atomic E-state index is 0.111. The Labute approximate surface area is 200 Å². The fourth-order valence-electron chi connectivity index (χ4n) is 2.79. The van der Waals surface area contributed by atoms with Crippen LogP contribution in [0.15, 0.2) is 66.7 Å². The number of alkyl halides is 3. The van der Waals surface area contributed by atoms with Crippen molar-refractivity contribution in [1.82, 2.24) is 0 Å². The first-order valence-corrected chi connectivity index (χ1v) is 10.2. The van der Waals surface area contributed by atoms with Crippen molar-refractivity contribution in [3.63, 3.8) is 0 Å². The molecule has 35 heavy (non-hydrogen) atoms. The van der Waals surface area contributed by atoms with Gasteiger partial charge in [-0.2, -0.15) is 13.2 Å². The molecule has 0 saturated carbocycles. The Bertz CT molecular complexity index is 1250. The molecule has 0 radical (unpaired) electrons. The van der Waals surface area contributed by atoms with Crippen LogP contribution in [0.2, 0.25) is 5.02 Å². The summed E-state index contributed by atoms with van der Waals surface area (Å²) >= 11 is 5.86. The zero-order valence-corrected chi connectivity index (χ0v) is 18.3. The van der Waals surface area contributed by atoms with Gasteiger partial charge in [-0.1, -0.05) is 29.8 Å². The van der Waals surface area contributed by atoms with E-state index in [1.54, 1.807) is 18.2 Å². The van der Waals surface area contributed by atoms with Gasteiger partial charge in [0.1, 0.15) is 30.3 Å². The third-order valence-corrected chi connectivity index (χ3v) is 4.73. The Kier molecular flexibility index (Phi) is 7.92. The predicted molar refractivity (Wildman–Crippen MR) is 117 cm³/mol. The first kappa shape index (κ1) is 25.5. The van der Waals surface area contributed by atoms with Crippen LogP contribution in [0.3, 0.4) is 0 Å². The summed E-state index contributed by atoms with van der Waals surface area (Å²) in [4.78, 5) is 34.8. The SMILES string of the molecule is O=C(OCCOC(=O)c1cc(Oc2ccc(C(F)(F)F)cc2Cl)ccc1[N+](=O)[O-])c1ccccc1. The number of halogens is 4. The number of benzene rings is 3. The van der Waals surface area contributed by atoms with Crippen LogP contribution in [0, 0.1) is 10.1 Å². The van der Waals surface area contributed by atoms with Gasteiger partial charge in [-0.05, 0) is 36.4 Å². The molecule has 0 atom stereocenters. The van der Waals surface area contributed by atoms with Crippen molar-refractivity contribution in [3.8, 4) is 11.5 Å². The van der Waals surface area contributed by atoms with Gasteiger partial charge < -0.3 is 14.2 Å². The highest BCUT2D eigenvalue weighted by molar-refractivity contribution is 6.32. The second-order valence-corrected chi connectivity index (χ2v) is 7.23. The third kappa shape index (κ3) is 6.70. The quantitative estimate of drug-likeness (QED) is 0.157. The zero-order chi connectivity index (χ0) is 25.6. The molecule has 0 N–H and O–H groups in total. The largest absolute Gasteiger partial charge is 0.458 e. The topological polar surface area (TPSA) is 105 Å². The van der Waals surface area contributed by atoms with E-state index >= 15 is 0 Å². The van der Waals surface area contributed by atoms with E-state index in [0.717, 1.165) is 30.3 Å². The third-order valence-electron chi connectivity index (χ3n) is 4.43. The molecule has 0 heterocycles. The number of carbonyl (C=O) groups is 2. The average Bonchev–Trinajstić information content (AvgIpc) is 2.82. The van der Waals surface area contributed by atoms with Crippen molar-refractivity contribution in [2.75, 3.05) is 13.2 Å². The molecular weight excluding hydrogens is 495 g/mol. The summed E-state index contributed by atoms with van der Waals surface area (Å²) in [5.41, 5.74) is -1.77. The van der Waals surface area contributed by atoms with Gasteiger partial charge in [0.05, 0.1) is 21.1 Å². The molecule has 8 nitrogen and oxygen atoms in total. The lowest BCUT2D eigenvalue weighted by atomic mass is 10.1. The number of nitro groups is 1. The molecular formula is C23H15ClF3NO7. The average molecular weight is 510 g/mol. The first-order chi connectivity index (χ1) is 16.6. The number of esters is 2. The van der Waals surface area contributed by atoms with Crippen LogP contribution in [0.1, 0.15) is 26.3 Å². The number of hydrogen-bond donors (Lipinski definition) is 0. The number of carbonyl (C=O) groups excluding carboxylic acids is 2. The summed E-state index contributed by atoms with van der Waals surface area (Å²) in [6.45, 7) is -0.686. The first-order valence-electron chi connectivity index (χ1n) is 9.78. The highest BCUT2D eigenvalue weighted by atomic mass is 35.5. The van der Waals surface area contributed by atoms with E-state index < -0.39 is 39.9 Å². The van der Waals surface area contributed by atoms with Gasteiger partial charge in [-0.15, -0.1) is 0 Å². The Hall–Kier alpha value is -4.12. The second-order valence-electron chi connectivity index (χ2n) is 6.82. The van der Waals surface area contributed by atoms with Crippen molar-refractivity contribution in [2.24, 2.45) is 0 Å². The monoisotopic (exact) mass is 509 g/mol.